The predicted molar refractivity (Wildman–Crippen MR) is 72.6 cm³/mol. The van der Waals surface area contributed by atoms with Gasteiger partial charge in [0, 0.05) is 18.0 Å². The molecule has 0 amide bonds. The van der Waals surface area contributed by atoms with Crippen LogP contribution < -0.4 is 11.1 Å². The molecule has 1 aliphatic carbocycles. The van der Waals surface area contributed by atoms with Crippen molar-refractivity contribution >= 4 is 23.4 Å². The van der Waals surface area contributed by atoms with E-state index in [1.165, 1.54) is 6.07 Å². The van der Waals surface area contributed by atoms with E-state index >= 15 is 0 Å². The van der Waals surface area contributed by atoms with E-state index < -0.39 is 0 Å². The summed E-state index contributed by atoms with van der Waals surface area (Å²) in [6, 6.07) is 8.51. The number of hydrogen-bond donors (Lipinski definition) is 2. The Morgan fingerprint density at radius 2 is 2.16 bits per heavy atom. The van der Waals surface area contributed by atoms with Gasteiger partial charge in [0.2, 0.25) is 5.95 Å². The average Bonchev–Trinajstić information content (AvgIpc) is 3.07. The summed E-state index contributed by atoms with van der Waals surface area (Å²) in [7, 11) is 0. The van der Waals surface area contributed by atoms with Crippen molar-refractivity contribution in [3.63, 3.8) is 0 Å². The highest BCUT2D eigenvalue weighted by Gasteiger charge is 2.38. The summed E-state index contributed by atoms with van der Waals surface area (Å²) in [5, 5.41) is 3.53. The Hall–Kier alpha value is -1.88. The second-order valence-corrected chi connectivity index (χ2v) is 4.97. The van der Waals surface area contributed by atoms with Gasteiger partial charge in [-0.3, -0.25) is 0 Å². The Morgan fingerprint density at radius 3 is 2.89 bits per heavy atom. The fourth-order valence-corrected chi connectivity index (χ4v) is 2.35. The first-order valence-electron chi connectivity index (χ1n) is 5.94. The van der Waals surface area contributed by atoms with E-state index in [-0.39, 0.29) is 17.8 Å². The molecule has 1 saturated carbocycles. The summed E-state index contributed by atoms with van der Waals surface area (Å²) in [4.78, 5) is 7.85. The number of nitrogens with two attached hydrogens (primary N) is 1. The van der Waals surface area contributed by atoms with Gasteiger partial charge in [0.15, 0.2) is 0 Å². The number of aromatic nitrogens is 2. The molecule has 0 bridgehead atoms. The van der Waals surface area contributed by atoms with Gasteiger partial charge < -0.3 is 11.1 Å². The molecule has 1 heterocycles. The van der Waals surface area contributed by atoms with E-state index in [0.717, 1.165) is 12.0 Å². The molecule has 19 heavy (non-hydrogen) atoms. The monoisotopic (exact) mass is 278 g/mol. The van der Waals surface area contributed by atoms with Gasteiger partial charge in [0.05, 0.1) is 0 Å². The SMILES string of the molecule is Nc1nc(Cl)cc(N[C@@H]2C[C@H]2c2cccc(F)c2)n1. The van der Waals surface area contributed by atoms with Crippen molar-refractivity contribution in [1.29, 1.82) is 0 Å². The lowest BCUT2D eigenvalue weighted by Gasteiger charge is -2.06. The number of anilines is 2. The van der Waals surface area contributed by atoms with E-state index in [1.54, 1.807) is 18.2 Å². The third kappa shape index (κ3) is 2.76. The zero-order valence-electron chi connectivity index (χ0n) is 9.98. The van der Waals surface area contributed by atoms with Gasteiger partial charge in [0.1, 0.15) is 16.8 Å². The van der Waals surface area contributed by atoms with Crippen LogP contribution in [-0.2, 0) is 0 Å². The molecule has 0 unspecified atom stereocenters. The van der Waals surface area contributed by atoms with Crippen LogP contribution in [0.25, 0.3) is 0 Å². The van der Waals surface area contributed by atoms with Crippen molar-refractivity contribution in [2.75, 3.05) is 11.1 Å². The molecule has 98 valence electrons. The Labute approximate surface area is 114 Å². The van der Waals surface area contributed by atoms with Crippen LogP contribution in [-0.4, -0.2) is 16.0 Å². The van der Waals surface area contributed by atoms with Crippen molar-refractivity contribution < 1.29 is 4.39 Å². The fourth-order valence-electron chi connectivity index (χ4n) is 2.16. The molecule has 0 aliphatic heterocycles. The van der Waals surface area contributed by atoms with Crippen LogP contribution in [0.15, 0.2) is 30.3 Å². The van der Waals surface area contributed by atoms with E-state index in [1.807, 2.05) is 6.07 Å². The Bertz CT molecular complexity index is 599. The zero-order valence-corrected chi connectivity index (χ0v) is 10.7. The van der Waals surface area contributed by atoms with Crippen LogP contribution in [0, 0.1) is 5.82 Å². The predicted octanol–water partition coefficient (Wildman–Crippen LogP) is 2.82. The maximum absolute atomic E-state index is 13.1. The summed E-state index contributed by atoms with van der Waals surface area (Å²) < 4.78 is 13.1. The Kier molecular flexibility index (Phi) is 2.98. The summed E-state index contributed by atoms with van der Waals surface area (Å²) >= 11 is 5.81. The first-order valence-corrected chi connectivity index (χ1v) is 6.31. The van der Waals surface area contributed by atoms with Gasteiger partial charge >= 0.3 is 0 Å². The molecule has 3 rings (SSSR count). The van der Waals surface area contributed by atoms with E-state index in [4.69, 9.17) is 17.3 Å². The largest absolute Gasteiger partial charge is 0.368 e. The molecular weight excluding hydrogens is 267 g/mol. The minimum Gasteiger partial charge on any atom is -0.368 e. The maximum Gasteiger partial charge on any atom is 0.223 e. The molecule has 2 aromatic rings. The van der Waals surface area contributed by atoms with Crippen LogP contribution in [0.4, 0.5) is 16.2 Å². The Morgan fingerprint density at radius 1 is 1.32 bits per heavy atom. The second kappa shape index (κ2) is 4.66. The Balaban J connectivity index is 1.70. The van der Waals surface area contributed by atoms with E-state index in [2.05, 4.69) is 15.3 Å². The molecule has 1 fully saturated rings. The van der Waals surface area contributed by atoms with Gasteiger partial charge in [0.25, 0.3) is 0 Å². The molecule has 2 atom stereocenters. The zero-order chi connectivity index (χ0) is 13.4. The van der Waals surface area contributed by atoms with Crippen molar-refractivity contribution in [3.05, 3.63) is 46.9 Å². The number of halogens is 2. The highest BCUT2D eigenvalue weighted by molar-refractivity contribution is 6.29. The maximum atomic E-state index is 13.1. The van der Waals surface area contributed by atoms with Crippen molar-refractivity contribution in [2.45, 2.75) is 18.4 Å². The van der Waals surface area contributed by atoms with Gasteiger partial charge in [-0.2, -0.15) is 4.98 Å². The van der Waals surface area contributed by atoms with E-state index in [9.17, 15) is 4.39 Å². The topological polar surface area (TPSA) is 63.8 Å². The van der Waals surface area contributed by atoms with Gasteiger partial charge in [-0.25, -0.2) is 9.37 Å². The molecule has 3 N–H and O–H groups in total. The lowest BCUT2D eigenvalue weighted by Crippen LogP contribution is -2.08. The summed E-state index contributed by atoms with van der Waals surface area (Å²) in [6.07, 6.45) is 0.935. The molecule has 1 aromatic heterocycles. The highest BCUT2D eigenvalue weighted by atomic mass is 35.5. The number of nitrogens with one attached hydrogen (secondary N) is 1. The molecule has 0 saturated heterocycles. The highest BCUT2D eigenvalue weighted by Crippen LogP contribution is 2.42. The van der Waals surface area contributed by atoms with Crippen LogP contribution in [0.3, 0.4) is 0 Å². The quantitative estimate of drug-likeness (QED) is 0.848. The van der Waals surface area contributed by atoms with Gasteiger partial charge in [-0.05, 0) is 24.1 Å². The third-order valence-electron chi connectivity index (χ3n) is 3.11. The van der Waals surface area contributed by atoms with Gasteiger partial charge in [-0.15, -0.1) is 0 Å². The molecule has 0 spiro atoms. The standard InChI is InChI=1S/C13H12ClFN4/c14-11-6-12(19-13(16)18-11)17-10-5-9(10)7-2-1-3-8(15)4-7/h1-4,6,9-10H,5H2,(H3,16,17,18,19)/t9-,10+/m0/s1. The summed E-state index contributed by atoms with van der Waals surface area (Å²) in [5.74, 6) is 0.822. The van der Waals surface area contributed by atoms with Crippen LogP contribution in [0.2, 0.25) is 5.15 Å². The first kappa shape index (κ1) is 12.2. The minimum absolute atomic E-state index is 0.137. The molecular formula is C13H12ClFN4. The summed E-state index contributed by atoms with van der Waals surface area (Å²) in [6.45, 7) is 0. The molecule has 1 aliphatic rings. The van der Waals surface area contributed by atoms with Gasteiger partial charge in [-0.1, -0.05) is 23.7 Å². The van der Waals surface area contributed by atoms with E-state index in [0.29, 0.717) is 16.9 Å². The molecule has 1 aromatic carbocycles. The molecule has 4 nitrogen and oxygen atoms in total. The lowest BCUT2D eigenvalue weighted by atomic mass is 10.1. The lowest BCUT2D eigenvalue weighted by molar-refractivity contribution is 0.625. The smallest absolute Gasteiger partial charge is 0.223 e. The normalized spacial score (nSPS) is 21.2. The van der Waals surface area contributed by atoms with Crippen molar-refractivity contribution in [2.24, 2.45) is 0 Å². The number of benzene rings is 1. The number of nitrogens with zero attached hydrogens (tertiary/aromatic N) is 2. The fraction of sp³-hybridized carbons (Fsp3) is 0.231. The minimum atomic E-state index is -0.211. The van der Waals surface area contributed by atoms with Crippen molar-refractivity contribution in [3.8, 4) is 0 Å². The average molecular weight is 279 g/mol. The van der Waals surface area contributed by atoms with Crippen LogP contribution >= 0.6 is 11.6 Å². The van der Waals surface area contributed by atoms with Crippen LogP contribution in [0.1, 0.15) is 17.9 Å². The number of rotatable bonds is 3. The molecule has 0 radical (unpaired) electrons. The molecule has 6 heteroatoms. The number of hydrogen-bond acceptors (Lipinski definition) is 4. The first-order chi connectivity index (χ1) is 9.11. The summed E-state index contributed by atoms with van der Waals surface area (Å²) in [5.41, 5.74) is 6.52. The second-order valence-electron chi connectivity index (χ2n) is 4.58. The van der Waals surface area contributed by atoms with Crippen LogP contribution in [0.5, 0.6) is 0 Å². The third-order valence-corrected chi connectivity index (χ3v) is 3.31. The number of nitrogen functional groups attached to an aromatic ring is 1. The van der Waals surface area contributed by atoms with Crippen molar-refractivity contribution in [1.82, 2.24) is 9.97 Å².